The van der Waals surface area contributed by atoms with E-state index in [-0.39, 0.29) is 0 Å². The second-order valence-corrected chi connectivity index (χ2v) is 10.2. The summed E-state index contributed by atoms with van der Waals surface area (Å²) >= 11 is 0. The lowest BCUT2D eigenvalue weighted by molar-refractivity contribution is 0.516. The van der Waals surface area contributed by atoms with Gasteiger partial charge in [0.15, 0.2) is 0 Å². The lowest BCUT2D eigenvalue weighted by atomic mass is 9.85. The highest BCUT2D eigenvalue weighted by Crippen LogP contribution is 2.36. The van der Waals surface area contributed by atoms with Crippen LogP contribution in [0.3, 0.4) is 0 Å². The van der Waals surface area contributed by atoms with Gasteiger partial charge in [-0.05, 0) is 64.1 Å². The fraction of sp³-hybridized carbons (Fsp3) is 0.556. The Hall–Kier alpha value is -1.13. The standard InChI is InChI=1S/C21H28.C6H13P/c1-14(2)17-11-12-20(21(13-17)16(5)6)19-10-8-7-9-18(19)15(3)4;7-6-4-2-1-3-5-6/h7-16H,1-6H3;6H,1-5,7H2. The summed E-state index contributed by atoms with van der Waals surface area (Å²) in [6.07, 6.45) is 7.31. The smallest absolute Gasteiger partial charge is 0.0146 e. The predicted molar refractivity (Wildman–Crippen MR) is 131 cm³/mol. The first kappa shape index (κ1) is 23.2. The molecule has 0 aliphatic heterocycles. The summed E-state index contributed by atoms with van der Waals surface area (Å²) in [5.41, 5.74) is 8.09. The molecular formula is C27H41P. The normalized spacial score (nSPS) is 15.1. The van der Waals surface area contributed by atoms with Crippen LogP contribution in [0.5, 0.6) is 0 Å². The van der Waals surface area contributed by atoms with E-state index in [0.29, 0.717) is 17.8 Å². The van der Waals surface area contributed by atoms with Gasteiger partial charge in [0.1, 0.15) is 0 Å². The second kappa shape index (κ2) is 11.2. The van der Waals surface area contributed by atoms with Crippen molar-refractivity contribution in [3.05, 3.63) is 59.2 Å². The zero-order chi connectivity index (χ0) is 20.7. The van der Waals surface area contributed by atoms with E-state index in [1.165, 1.54) is 59.9 Å². The number of benzene rings is 2. The highest BCUT2D eigenvalue weighted by molar-refractivity contribution is 7.17. The highest BCUT2D eigenvalue weighted by atomic mass is 31.0. The molecule has 0 bridgehead atoms. The van der Waals surface area contributed by atoms with E-state index in [2.05, 4.69) is 93.2 Å². The van der Waals surface area contributed by atoms with Crippen molar-refractivity contribution < 1.29 is 0 Å². The van der Waals surface area contributed by atoms with E-state index >= 15 is 0 Å². The van der Waals surface area contributed by atoms with Crippen LogP contribution in [0.25, 0.3) is 11.1 Å². The molecule has 1 fully saturated rings. The monoisotopic (exact) mass is 396 g/mol. The molecule has 3 rings (SSSR count). The molecule has 0 saturated heterocycles. The Kier molecular flexibility index (Phi) is 9.23. The van der Waals surface area contributed by atoms with Crippen molar-refractivity contribution >= 4 is 9.24 Å². The maximum Gasteiger partial charge on any atom is -0.0146 e. The molecule has 28 heavy (non-hydrogen) atoms. The van der Waals surface area contributed by atoms with Gasteiger partial charge in [-0.1, -0.05) is 103 Å². The Morgan fingerprint density at radius 3 is 1.75 bits per heavy atom. The molecular weight excluding hydrogens is 355 g/mol. The van der Waals surface area contributed by atoms with Gasteiger partial charge < -0.3 is 0 Å². The summed E-state index contributed by atoms with van der Waals surface area (Å²) in [6, 6.07) is 15.9. The van der Waals surface area contributed by atoms with Crippen LogP contribution in [0.2, 0.25) is 0 Å². The Bertz CT molecular complexity index is 721. The maximum atomic E-state index is 2.91. The highest BCUT2D eigenvalue weighted by Gasteiger charge is 2.15. The molecule has 1 aliphatic carbocycles. The molecule has 2 aromatic carbocycles. The third kappa shape index (κ3) is 6.45. The SMILES string of the molecule is CC(C)c1ccc(-c2ccccc2C(C)C)c(C(C)C)c1.PC1CCCCC1. The lowest BCUT2D eigenvalue weighted by Crippen LogP contribution is -2.02. The van der Waals surface area contributed by atoms with Crippen molar-refractivity contribution in [2.75, 3.05) is 0 Å². The zero-order valence-corrected chi connectivity index (χ0v) is 20.1. The summed E-state index contributed by atoms with van der Waals surface area (Å²) < 4.78 is 0. The van der Waals surface area contributed by atoms with Gasteiger partial charge in [-0.25, -0.2) is 0 Å². The van der Waals surface area contributed by atoms with Crippen molar-refractivity contribution in [3.8, 4) is 11.1 Å². The number of hydrogen-bond acceptors (Lipinski definition) is 0. The van der Waals surface area contributed by atoms with Crippen LogP contribution >= 0.6 is 9.24 Å². The van der Waals surface area contributed by atoms with Crippen LogP contribution in [0.4, 0.5) is 0 Å². The molecule has 0 amide bonds. The average Bonchev–Trinajstić information content (AvgIpc) is 2.68. The Morgan fingerprint density at radius 2 is 1.25 bits per heavy atom. The molecule has 1 heteroatoms. The maximum absolute atomic E-state index is 2.91. The Balaban J connectivity index is 0.000000336. The van der Waals surface area contributed by atoms with Crippen molar-refractivity contribution in [1.82, 2.24) is 0 Å². The quantitative estimate of drug-likeness (QED) is 0.452. The van der Waals surface area contributed by atoms with Crippen molar-refractivity contribution in [3.63, 3.8) is 0 Å². The predicted octanol–water partition coefficient (Wildman–Crippen LogP) is 8.92. The van der Waals surface area contributed by atoms with Crippen LogP contribution < -0.4 is 0 Å². The van der Waals surface area contributed by atoms with Gasteiger partial charge in [0.05, 0.1) is 0 Å². The molecule has 1 saturated carbocycles. The minimum Gasteiger partial charge on any atom is -0.134 e. The summed E-state index contributed by atoms with van der Waals surface area (Å²) in [5, 5.41) is 0. The summed E-state index contributed by atoms with van der Waals surface area (Å²) in [5.74, 6) is 1.67. The largest absolute Gasteiger partial charge is 0.134 e. The summed E-state index contributed by atoms with van der Waals surface area (Å²) in [7, 11) is 2.91. The molecule has 0 nitrogen and oxygen atoms in total. The second-order valence-electron chi connectivity index (χ2n) is 9.30. The zero-order valence-electron chi connectivity index (χ0n) is 19.0. The van der Waals surface area contributed by atoms with E-state index in [9.17, 15) is 0 Å². The molecule has 0 N–H and O–H groups in total. The van der Waals surface area contributed by atoms with E-state index < -0.39 is 0 Å². The third-order valence-electron chi connectivity index (χ3n) is 5.89. The summed E-state index contributed by atoms with van der Waals surface area (Å²) in [6.45, 7) is 13.7. The fourth-order valence-electron chi connectivity index (χ4n) is 4.04. The minimum atomic E-state index is 0.541. The Labute approximate surface area is 176 Å². The van der Waals surface area contributed by atoms with Gasteiger partial charge in [0, 0.05) is 0 Å². The molecule has 2 aromatic rings. The van der Waals surface area contributed by atoms with Crippen molar-refractivity contribution in [2.45, 2.75) is 97.1 Å². The van der Waals surface area contributed by atoms with Crippen LogP contribution in [-0.2, 0) is 0 Å². The first-order valence-corrected chi connectivity index (χ1v) is 12.0. The molecule has 1 aliphatic rings. The van der Waals surface area contributed by atoms with E-state index in [0.717, 1.165) is 5.66 Å². The van der Waals surface area contributed by atoms with Gasteiger partial charge in [0.25, 0.3) is 0 Å². The van der Waals surface area contributed by atoms with Gasteiger partial charge >= 0.3 is 0 Å². The Morgan fingerprint density at radius 1 is 0.679 bits per heavy atom. The molecule has 0 heterocycles. The third-order valence-corrected chi connectivity index (χ3v) is 6.55. The topological polar surface area (TPSA) is 0 Å². The first-order chi connectivity index (χ1) is 13.3. The molecule has 0 aromatic heterocycles. The fourth-order valence-corrected chi connectivity index (χ4v) is 4.51. The lowest BCUT2D eigenvalue weighted by Gasteiger charge is -2.20. The van der Waals surface area contributed by atoms with E-state index in [4.69, 9.17) is 0 Å². The van der Waals surface area contributed by atoms with Crippen LogP contribution in [-0.4, -0.2) is 5.66 Å². The van der Waals surface area contributed by atoms with Gasteiger partial charge in [-0.15, -0.1) is 9.24 Å². The molecule has 1 unspecified atom stereocenters. The van der Waals surface area contributed by atoms with Crippen LogP contribution in [0.1, 0.15) is 108 Å². The molecule has 0 spiro atoms. The number of hydrogen-bond donors (Lipinski definition) is 0. The van der Waals surface area contributed by atoms with E-state index in [1.54, 1.807) is 0 Å². The molecule has 1 atom stereocenters. The summed E-state index contributed by atoms with van der Waals surface area (Å²) in [4.78, 5) is 0. The first-order valence-electron chi connectivity index (χ1n) is 11.3. The van der Waals surface area contributed by atoms with Crippen molar-refractivity contribution in [2.24, 2.45) is 0 Å². The van der Waals surface area contributed by atoms with Gasteiger partial charge in [-0.2, -0.15) is 0 Å². The molecule has 154 valence electrons. The van der Waals surface area contributed by atoms with Gasteiger partial charge in [0.2, 0.25) is 0 Å². The molecule has 0 radical (unpaired) electrons. The minimum absolute atomic E-state index is 0.541. The van der Waals surface area contributed by atoms with E-state index in [1.807, 2.05) is 0 Å². The van der Waals surface area contributed by atoms with Gasteiger partial charge in [-0.3, -0.25) is 0 Å². The number of rotatable bonds is 4. The van der Waals surface area contributed by atoms with Crippen LogP contribution in [0.15, 0.2) is 42.5 Å². The van der Waals surface area contributed by atoms with Crippen molar-refractivity contribution in [1.29, 1.82) is 0 Å². The van der Waals surface area contributed by atoms with Crippen LogP contribution in [0, 0.1) is 0 Å². The average molecular weight is 397 g/mol.